The Hall–Kier alpha value is -3.93. The normalized spacial score (nSPS) is 13.5. The highest BCUT2D eigenvalue weighted by Gasteiger charge is 2.37. The second kappa shape index (κ2) is 10.1. The van der Waals surface area contributed by atoms with Crippen LogP contribution in [0.5, 0.6) is 0 Å². The van der Waals surface area contributed by atoms with Crippen LogP contribution in [0.1, 0.15) is 41.8 Å². The quantitative estimate of drug-likeness (QED) is 0.449. The van der Waals surface area contributed by atoms with Crippen LogP contribution in [0.3, 0.4) is 0 Å². The van der Waals surface area contributed by atoms with Gasteiger partial charge < -0.3 is 15.5 Å². The first kappa shape index (κ1) is 23.7. The fraction of sp³-hybridized carbons (Fsp3) is 0.222. The first-order chi connectivity index (χ1) is 15.7. The summed E-state index contributed by atoms with van der Waals surface area (Å²) in [5.74, 6) is -2.32. The van der Waals surface area contributed by atoms with Gasteiger partial charge in [0.15, 0.2) is 0 Å². The molecule has 0 saturated carbocycles. The van der Waals surface area contributed by atoms with Crippen molar-refractivity contribution in [3.8, 4) is 11.1 Å². The van der Waals surface area contributed by atoms with Crippen LogP contribution in [0, 0.1) is 0 Å². The molecule has 3 rings (SSSR count). The highest BCUT2D eigenvalue weighted by atomic mass is 16.4. The molecular weight excluding hydrogens is 418 g/mol. The van der Waals surface area contributed by atoms with Gasteiger partial charge >= 0.3 is 11.9 Å². The predicted octanol–water partition coefficient (Wildman–Crippen LogP) is 4.53. The van der Waals surface area contributed by atoms with E-state index in [1.54, 1.807) is 32.0 Å². The molecule has 0 fully saturated rings. The third-order valence-electron chi connectivity index (χ3n) is 5.74. The highest BCUT2D eigenvalue weighted by molar-refractivity contribution is 5.94. The van der Waals surface area contributed by atoms with Gasteiger partial charge in [-0.15, -0.1) is 0 Å². The SMILES string of the molecule is CC(CC(C)(C(=O)O)c1ccc(-c2ccccc2)cc1)NC(=O)c1cccc(CC(=O)O)c1. The molecule has 1 amide bonds. The van der Waals surface area contributed by atoms with Crippen LogP contribution < -0.4 is 5.32 Å². The Morgan fingerprint density at radius 1 is 0.879 bits per heavy atom. The standard InChI is InChI=1S/C27H27NO5/c1-18(28-25(31)22-10-6-7-19(15-22)16-24(29)30)17-27(2,26(32)33)23-13-11-21(12-14-23)20-8-4-3-5-9-20/h3-15,18H,16-17H2,1-2H3,(H,28,31)(H,29,30)(H,32,33). The molecule has 0 aromatic heterocycles. The summed E-state index contributed by atoms with van der Waals surface area (Å²) in [5, 5.41) is 21.8. The molecule has 0 aliphatic rings. The van der Waals surface area contributed by atoms with Crippen molar-refractivity contribution in [3.05, 3.63) is 95.6 Å². The van der Waals surface area contributed by atoms with Crippen molar-refractivity contribution < 1.29 is 24.6 Å². The number of carboxylic acids is 2. The maximum absolute atomic E-state index is 12.7. The van der Waals surface area contributed by atoms with Crippen LogP contribution in [-0.2, 0) is 21.4 Å². The van der Waals surface area contributed by atoms with E-state index >= 15 is 0 Å². The van der Waals surface area contributed by atoms with E-state index < -0.39 is 23.4 Å². The van der Waals surface area contributed by atoms with Gasteiger partial charge in [0.1, 0.15) is 0 Å². The van der Waals surface area contributed by atoms with E-state index in [-0.39, 0.29) is 18.7 Å². The number of carbonyl (C=O) groups is 3. The van der Waals surface area contributed by atoms with E-state index in [4.69, 9.17) is 5.11 Å². The molecule has 3 aromatic carbocycles. The molecule has 170 valence electrons. The van der Waals surface area contributed by atoms with Gasteiger partial charge in [0.25, 0.3) is 5.91 Å². The van der Waals surface area contributed by atoms with Crippen LogP contribution in [0.25, 0.3) is 11.1 Å². The molecule has 0 heterocycles. The van der Waals surface area contributed by atoms with E-state index in [1.165, 1.54) is 6.07 Å². The third-order valence-corrected chi connectivity index (χ3v) is 5.74. The van der Waals surface area contributed by atoms with Crippen molar-refractivity contribution in [2.24, 2.45) is 0 Å². The number of benzene rings is 3. The Kier molecular flexibility index (Phi) is 7.28. The first-order valence-electron chi connectivity index (χ1n) is 10.7. The number of amides is 1. The van der Waals surface area contributed by atoms with Crippen LogP contribution in [0.15, 0.2) is 78.9 Å². The molecule has 2 unspecified atom stereocenters. The van der Waals surface area contributed by atoms with Crippen molar-refractivity contribution in [1.29, 1.82) is 0 Å². The average Bonchev–Trinajstić information content (AvgIpc) is 2.79. The van der Waals surface area contributed by atoms with E-state index in [2.05, 4.69) is 5.32 Å². The zero-order chi connectivity index (χ0) is 24.0. The largest absolute Gasteiger partial charge is 0.481 e. The van der Waals surface area contributed by atoms with Crippen molar-refractivity contribution in [3.63, 3.8) is 0 Å². The second-order valence-corrected chi connectivity index (χ2v) is 8.43. The first-order valence-corrected chi connectivity index (χ1v) is 10.7. The molecule has 6 nitrogen and oxygen atoms in total. The highest BCUT2D eigenvalue weighted by Crippen LogP contribution is 2.31. The van der Waals surface area contributed by atoms with Crippen molar-refractivity contribution in [2.75, 3.05) is 0 Å². The summed E-state index contributed by atoms with van der Waals surface area (Å²) in [6.07, 6.45) is 0.0142. The molecule has 0 saturated heterocycles. The Balaban J connectivity index is 1.74. The number of carboxylic acid groups (broad SMARTS) is 2. The number of nitrogens with one attached hydrogen (secondary N) is 1. The monoisotopic (exact) mass is 445 g/mol. The molecule has 0 bridgehead atoms. The second-order valence-electron chi connectivity index (χ2n) is 8.43. The van der Waals surface area contributed by atoms with Crippen LogP contribution >= 0.6 is 0 Å². The number of hydrogen-bond donors (Lipinski definition) is 3. The molecule has 3 N–H and O–H groups in total. The van der Waals surface area contributed by atoms with Crippen LogP contribution in [0.4, 0.5) is 0 Å². The minimum Gasteiger partial charge on any atom is -0.481 e. The van der Waals surface area contributed by atoms with Crippen molar-refractivity contribution in [2.45, 2.75) is 38.1 Å². The summed E-state index contributed by atoms with van der Waals surface area (Å²) in [4.78, 5) is 35.9. The van der Waals surface area contributed by atoms with Gasteiger partial charge in [-0.1, -0.05) is 66.7 Å². The van der Waals surface area contributed by atoms with E-state index in [0.29, 0.717) is 16.7 Å². The summed E-state index contributed by atoms with van der Waals surface area (Å²) in [5.41, 5.74) is 2.36. The lowest BCUT2D eigenvalue weighted by atomic mass is 9.77. The molecule has 0 radical (unpaired) electrons. The van der Waals surface area contributed by atoms with E-state index in [9.17, 15) is 19.5 Å². The zero-order valence-electron chi connectivity index (χ0n) is 18.6. The fourth-order valence-electron chi connectivity index (χ4n) is 3.96. The lowest BCUT2D eigenvalue weighted by Gasteiger charge is -2.29. The Labute approximate surface area is 192 Å². The molecule has 33 heavy (non-hydrogen) atoms. The van der Waals surface area contributed by atoms with Gasteiger partial charge in [0, 0.05) is 11.6 Å². The van der Waals surface area contributed by atoms with Crippen LogP contribution in [-0.4, -0.2) is 34.1 Å². The molecule has 0 aliphatic heterocycles. The van der Waals surface area contributed by atoms with Gasteiger partial charge in [-0.3, -0.25) is 14.4 Å². The number of hydrogen-bond acceptors (Lipinski definition) is 3. The maximum Gasteiger partial charge on any atom is 0.313 e. The fourth-order valence-corrected chi connectivity index (χ4v) is 3.96. The molecular formula is C27H27NO5. The molecule has 2 atom stereocenters. The number of rotatable bonds is 9. The van der Waals surface area contributed by atoms with Crippen LogP contribution in [0.2, 0.25) is 0 Å². The summed E-state index contributed by atoms with van der Waals surface area (Å²) in [6, 6.07) is 23.3. The lowest BCUT2D eigenvalue weighted by Crippen LogP contribution is -2.42. The Bertz CT molecular complexity index is 1140. The van der Waals surface area contributed by atoms with Gasteiger partial charge in [-0.2, -0.15) is 0 Å². The zero-order valence-corrected chi connectivity index (χ0v) is 18.6. The molecule has 0 spiro atoms. The molecule has 6 heteroatoms. The third kappa shape index (κ3) is 5.86. The van der Waals surface area contributed by atoms with E-state index in [0.717, 1.165) is 11.1 Å². The smallest absolute Gasteiger partial charge is 0.313 e. The average molecular weight is 446 g/mol. The Morgan fingerprint density at radius 2 is 1.52 bits per heavy atom. The minimum atomic E-state index is -1.20. The van der Waals surface area contributed by atoms with E-state index in [1.807, 2.05) is 54.6 Å². The van der Waals surface area contributed by atoms with Crippen molar-refractivity contribution in [1.82, 2.24) is 5.32 Å². The molecule has 3 aromatic rings. The topological polar surface area (TPSA) is 104 Å². The number of carbonyl (C=O) groups excluding carboxylic acids is 1. The van der Waals surface area contributed by atoms with Gasteiger partial charge in [0.05, 0.1) is 11.8 Å². The maximum atomic E-state index is 12.7. The summed E-state index contributed by atoms with van der Waals surface area (Å²) >= 11 is 0. The Morgan fingerprint density at radius 3 is 2.12 bits per heavy atom. The minimum absolute atomic E-state index is 0.174. The van der Waals surface area contributed by atoms with Gasteiger partial charge in [0.2, 0.25) is 0 Å². The summed E-state index contributed by atoms with van der Waals surface area (Å²) in [6.45, 7) is 3.42. The summed E-state index contributed by atoms with van der Waals surface area (Å²) < 4.78 is 0. The number of aliphatic carboxylic acids is 2. The lowest BCUT2D eigenvalue weighted by molar-refractivity contribution is -0.143. The molecule has 0 aliphatic carbocycles. The van der Waals surface area contributed by atoms with Gasteiger partial charge in [-0.05, 0) is 54.7 Å². The van der Waals surface area contributed by atoms with Gasteiger partial charge in [-0.25, -0.2) is 0 Å². The summed E-state index contributed by atoms with van der Waals surface area (Å²) in [7, 11) is 0. The predicted molar refractivity (Wildman–Crippen MR) is 126 cm³/mol. The van der Waals surface area contributed by atoms with Crippen molar-refractivity contribution >= 4 is 17.8 Å².